The van der Waals surface area contributed by atoms with Gasteiger partial charge in [-0.15, -0.1) is 0 Å². The van der Waals surface area contributed by atoms with E-state index in [0.29, 0.717) is 0 Å². The van der Waals surface area contributed by atoms with Crippen molar-refractivity contribution in [1.29, 1.82) is 0 Å². The zero-order valence-electron chi connectivity index (χ0n) is 22.9. The quantitative estimate of drug-likeness (QED) is 0.494. The van der Waals surface area contributed by atoms with Crippen molar-refractivity contribution in [3.05, 3.63) is 0 Å². The Morgan fingerprint density at radius 3 is 1.11 bits per heavy atom. The second-order valence-electron chi connectivity index (χ2n) is 13.5. The number of hydrogen-bond donors (Lipinski definition) is 0. The topological polar surface area (TPSA) is 98.9 Å². The number of rotatable bonds is 6. The van der Waals surface area contributed by atoms with Gasteiger partial charge in [-0.25, -0.2) is 0 Å². The van der Waals surface area contributed by atoms with Crippen LogP contribution in [0.4, 0.5) is 0 Å². The Kier molecular flexibility index (Phi) is 3.82. The Morgan fingerprint density at radius 2 is 0.811 bits per heavy atom. The first-order valence-electron chi connectivity index (χ1n) is 14.0. The maximum absolute atomic E-state index is 5.32. The van der Waals surface area contributed by atoms with Crippen molar-refractivity contribution in [2.45, 2.75) is 122 Å². The van der Waals surface area contributed by atoms with Gasteiger partial charge in [0.15, 0.2) is 22.7 Å². The van der Waals surface area contributed by atoms with Gasteiger partial charge >= 0.3 is 0 Å². The number of aliphatic imine (C=N–C) groups is 8. The van der Waals surface area contributed by atoms with Gasteiger partial charge in [0.2, 0.25) is 0 Å². The van der Waals surface area contributed by atoms with Gasteiger partial charge in [0.25, 0.3) is 0 Å². The van der Waals surface area contributed by atoms with Gasteiger partial charge < -0.3 is 0 Å². The van der Waals surface area contributed by atoms with Crippen LogP contribution in [0.1, 0.15) is 99.3 Å². The monoisotopic (exact) mass is 496 g/mol. The highest BCUT2D eigenvalue weighted by molar-refractivity contribution is 6.36. The van der Waals surface area contributed by atoms with Crippen molar-refractivity contribution >= 4 is 45.7 Å². The van der Waals surface area contributed by atoms with E-state index >= 15 is 0 Å². The molecule has 0 aromatic heterocycles. The summed E-state index contributed by atoms with van der Waals surface area (Å²) in [5, 5.41) is 0. The highest BCUT2D eigenvalue weighted by Gasteiger charge is 2.70. The average molecular weight is 497 g/mol. The SMILES string of the molecule is CCC1=NC2(C1)CC(C(C)(C)C(C1=NC3(CC(C)=N3)C1)(C1=NC3(CC(C)=N3)C1)C1=NC3(CC(C)=N3)C1)=N2. The smallest absolute Gasteiger partial charge is 0.160 e. The van der Waals surface area contributed by atoms with Crippen molar-refractivity contribution in [3.63, 3.8) is 0 Å². The Labute approximate surface area is 218 Å². The first-order valence-corrected chi connectivity index (χ1v) is 14.0. The molecule has 0 aromatic carbocycles. The summed E-state index contributed by atoms with van der Waals surface area (Å²) in [4.78, 5) is 40.6. The molecule has 8 heterocycles. The van der Waals surface area contributed by atoms with Gasteiger partial charge in [0.05, 0.1) is 5.41 Å². The fraction of sp³-hybridized carbons (Fsp3) is 0.724. The maximum Gasteiger partial charge on any atom is 0.160 e. The fourth-order valence-electron chi connectivity index (χ4n) is 8.57. The molecule has 8 aliphatic rings. The van der Waals surface area contributed by atoms with E-state index in [4.69, 9.17) is 39.9 Å². The molecule has 4 spiro atoms. The van der Waals surface area contributed by atoms with Crippen LogP contribution in [0.5, 0.6) is 0 Å². The van der Waals surface area contributed by atoms with Crippen LogP contribution in [-0.2, 0) is 0 Å². The highest BCUT2D eigenvalue weighted by atomic mass is 15.2. The standard InChI is InChI=1S/C29H36N8/c1-7-19-11-28(33-19)12-20(34-28)24(5,6)29(21-13-25(35-21)8-16(2)30-25,22-14-26(36-22)9-17(3)31-26)23-15-27(37-23)10-18(4)32-27/h7-15H2,1-6H3. The highest BCUT2D eigenvalue weighted by Crippen LogP contribution is 2.62. The summed E-state index contributed by atoms with van der Waals surface area (Å²) in [6.45, 7) is 13.2. The minimum absolute atomic E-state index is 0.211. The lowest BCUT2D eigenvalue weighted by Crippen LogP contribution is -2.71. The molecular weight excluding hydrogens is 460 g/mol. The van der Waals surface area contributed by atoms with Gasteiger partial charge in [-0.2, -0.15) is 0 Å². The summed E-state index contributed by atoms with van der Waals surface area (Å²) in [6.07, 6.45) is 8.49. The number of hydrogen-bond acceptors (Lipinski definition) is 8. The predicted molar refractivity (Wildman–Crippen MR) is 151 cm³/mol. The molecule has 0 aliphatic carbocycles. The summed E-state index contributed by atoms with van der Waals surface area (Å²) in [7, 11) is 0. The lowest BCUT2D eigenvalue weighted by Gasteiger charge is -2.62. The van der Waals surface area contributed by atoms with Crippen LogP contribution in [-0.4, -0.2) is 68.3 Å². The lowest BCUT2D eigenvalue weighted by molar-refractivity contribution is 0.269. The summed E-state index contributed by atoms with van der Waals surface area (Å²) >= 11 is 0. The van der Waals surface area contributed by atoms with E-state index in [0.717, 1.165) is 57.8 Å². The zero-order valence-corrected chi connectivity index (χ0v) is 22.9. The van der Waals surface area contributed by atoms with E-state index in [9.17, 15) is 0 Å². The fourth-order valence-corrected chi connectivity index (χ4v) is 8.57. The van der Waals surface area contributed by atoms with E-state index < -0.39 is 5.41 Å². The zero-order chi connectivity index (χ0) is 25.6. The summed E-state index contributed by atoms with van der Waals surface area (Å²) in [5.41, 5.74) is 8.00. The Balaban J connectivity index is 1.27. The molecule has 37 heavy (non-hydrogen) atoms. The van der Waals surface area contributed by atoms with Gasteiger partial charge in [-0.3, -0.25) is 39.9 Å². The van der Waals surface area contributed by atoms with Crippen LogP contribution < -0.4 is 0 Å². The van der Waals surface area contributed by atoms with Crippen LogP contribution in [0.3, 0.4) is 0 Å². The Bertz CT molecular complexity index is 1330. The molecule has 8 aliphatic heterocycles. The van der Waals surface area contributed by atoms with Gasteiger partial charge in [0.1, 0.15) is 0 Å². The van der Waals surface area contributed by atoms with Gasteiger partial charge in [-0.1, -0.05) is 20.8 Å². The Hall–Kier alpha value is -2.64. The molecule has 0 amide bonds. The largest absolute Gasteiger partial charge is 0.264 e. The van der Waals surface area contributed by atoms with Crippen molar-refractivity contribution in [3.8, 4) is 0 Å². The molecule has 192 valence electrons. The molecule has 0 fully saturated rings. The van der Waals surface area contributed by atoms with E-state index in [-0.39, 0.29) is 28.1 Å². The van der Waals surface area contributed by atoms with Crippen LogP contribution in [0.15, 0.2) is 39.9 Å². The second kappa shape index (κ2) is 6.32. The van der Waals surface area contributed by atoms with Gasteiger partial charge in [-0.05, 0) is 27.2 Å². The third kappa shape index (κ3) is 2.60. The normalized spacial score (nSPS) is 41.9. The van der Waals surface area contributed by atoms with Crippen LogP contribution in [0, 0.1) is 10.8 Å². The Morgan fingerprint density at radius 1 is 0.514 bits per heavy atom. The van der Waals surface area contributed by atoms with E-state index in [1.807, 2.05) is 0 Å². The average Bonchev–Trinajstić information content (AvgIpc) is 2.62. The first kappa shape index (κ1) is 22.4. The summed E-state index contributed by atoms with van der Waals surface area (Å²) < 4.78 is 0. The molecule has 4 atom stereocenters. The predicted octanol–water partition coefficient (Wildman–Crippen LogP) is 5.01. The molecule has 0 saturated carbocycles. The second-order valence-corrected chi connectivity index (χ2v) is 13.5. The third-order valence-electron chi connectivity index (χ3n) is 10.2. The van der Waals surface area contributed by atoms with Crippen molar-refractivity contribution < 1.29 is 0 Å². The van der Waals surface area contributed by atoms with Crippen LogP contribution in [0.25, 0.3) is 0 Å². The minimum atomic E-state index is -0.465. The molecule has 0 aromatic rings. The molecule has 0 N–H and O–H groups in total. The van der Waals surface area contributed by atoms with Crippen molar-refractivity contribution in [2.24, 2.45) is 50.8 Å². The first-order chi connectivity index (χ1) is 17.4. The van der Waals surface area contributed by atoms with E-state index in [2.05, 4.69) is 41.5 Å². The molecule has 4 unspecified atom stereocenters. The van der Waals surface area contributed by atoms with E-state index in [1.165, 1.54) is 45.7 Å². The third-order valence-corrected chi connectivity index (χ3v) is 10.2. The van der Waals surface area contributed by atoms with Gasteiger partial charge in [0, 0.05) is 102 Å². The summed E-state index contributed by atoms with van der Waals surface area (Å²) in [6, 6.07) is 0. The lowest BCUT2D eigenvalue weighted by atomic mass is 9.47. The minimum Gasteiger partial charge on any atom is -0.264 e. The molecule has 8 nitrogen and oxygen atoms in total. The van der Waals surface area contributed by atoms with E-state index in [1.54, 1.807) is 0 Å². The molecule has 8 heteroatoms. The van der Waals surface area contributed by atoms with Crippen LogP contribution >= 0.6 is 0 Å². The maximum atomic E-state index is 5.32. The molecule has 0 bridgehead atoms. The summed E-state index contributed by atoms with van der Waals surface area (Å²) in [5.74, 6) is 0. The number of nitrogens with zero attached hydrogens (tertiary/aromatic N) is 8. The molecule has 8 rings (SSSR count). The molecule has 0 saturated heterocycles. The molecule has 0 radical (unpaired) electrons. The van der Waals surface area contributed by atoms with Crippen molar-refractivity contribution in [2.75, 3.05) is 0 Å². The molecular formula is C29H36N8. The van der Waals surface area contributed by atoms with Crippen LogP contribution in [0.2, 0.25) is 0 Å². The van der Waals surface area contributed by atoms with Crippen molar-refractivity contribution in [1.82, 2.24) is 0 Å².